The largest absolute Gasteiger partial charge is 0.493 e. The van der Waals surface area contributed by atoms with Crippen molar-refractivity contribution >= 4 is 0 Å². The van der Waals surface area contributed by atoms with E-state index in [4.69, 9.17) is 10.5 Å². The Balaban J connectivity index is 2.80. The first kappa shape index (κ1) is 11.0. The third kappa shape index (κ3) is 2.70. The van der Waals surface area contributed by atoms with Gasteiger partial charge in [-0.25, -0.2) is 4.39 Å². The second-order valence-electron chi connectivity index (χ2n) is 3.45. The van der Waals surface area contributed by atoms with Crippen LogP contribution in [-0.4, -0.2) is 13.2 Å². The highest BCUT2D eigenvalue weighted by Gasteiger charge is 2.08. The summed E-state index contributed by atoms with van der Waals surface area (Å²) in [4.78, 5) is 0. The molecule has 0 spiro atoms. The van der Waals surface area contributed by atoms with E-state index in [1.165, 1.54) is 13.2 Å². The number of nitrogens with two attached hydrogens (primary N) is 1. The molecular weight excluding hydrogens is 181 g/mol. The Morgan fingerprint density at radius 1 is 1.50 bits per heavy atom. The van der Waals surface area contributed by atoms with Crippen LogP contribution in [0.1, 0.15) is 18.9 Å². The Hall–Kier alpha value is -1.09. The number of para-hydroxylation sites is 1. The molecule has 3 heteroatoms. The first-order valence-electron chi connectivity index (χ1n) is 4.72. The summed E-state index contributed by atoms with van der Waals surface area (Å²) in [6.07, 6.45) is 1.58. The van der Waals surface area contributed by atoms with Crippen LogP contribution in [0.25, 0.3) is 0 Å². The molecule has 2 N–H and O–H groups in total. The second kappa shape index (κ2) is 4.96. The number of hydrogen-bond donors (Lipinski definition) is 1. The van der Waals surface area contributed by atoms with Crippen molar-refractivity contribution in [1.82, 2.24) is 0 Å². The maximum absolute atomic E-state index is 13.2. The molecule has 0 aliphatic heterocycles. The minimum absolute atomic E-state index is 0.128. The van der Waals surface area contributed by atoms with Crippen LogP contribution in [0.5, 0.6) is 5.75 Å². The van der Waals surface area contributed by atoms with Crippen molar-refractivity contribution in [1.29, 1.82) is 0 Å². The predicted octanol–water partition coefficient (Wildman–Crippen LogP) is 2.11. The Morgan fingerprint density at radius 2 is 2.21 bits per heavy atom. The SMILES string of the molecule is COc1c(F)cccc1CC[C@@H](C)N. The maximum atomic E-state index is 13.2. The molecule has 0 unspecified atom stereocenters. The highest BCUT2D eigenvalue weighted by atomic mass is 19.1. The van der Waals surface area contributed by atoms with Gasteiger partial charge in [-0.1, -0.05) is 12.1 Å². The topological polar surface area (TPSA) is 35.2 Å². The number of hydrogen-bond acceptors (Lipinski definition) is 2. The molecular formula is C11H16FNO. The molecule has 0 saturated carbocycles. The van der Waals surface area contributed by atoms with E-state index in [1.807, 2.05) is 13.0 Å². The standard InChI is InChI=1S/C11H16FNO/c1-8(13)6-7-9-4-3-5-10(12)11(9)14-2/h3-5,8H,6-7,13H2,1-2H3/t8-/m1/s1. The summed E-state index contributed by atoms with van der Waals surface area (Å²) in [6, 6.07) is 5.08. The predicted molar refractivity (Wildman–Crippen MR) is 54.9 cm³/mol. The molecule has 1 rings (SSSR count). The molecule has 78 valence electrons. The second-order valence-corrected chi connectivity index (χ2v) is 3.45. The van der Waals surface area contributed by atoms with Gasteiger partial charge >= 0.3 is 0 Å². The summed E-state index contributed by atoms with van der Waals surface area (Å²) in [6.45, 7) is 1.94. The molecule has 0 heterocycles. The summed E-state index contributed by atoms with van der Waals surface area (Å²) < 4.78 is 18.2. The third-order valence-electron chi connectivity index (χ3n) is 2.12. The minimum atomic E-state index is -0.310. The lowest BCUT2D eigenvalue weighted by molar-refractivity contribution is 0.380. The van der Waals surface area contributed by atoms with Crippen LogP contribution in [0.3, 0.4) is 0 Å². The van der Waals surface area contributed by atoms with Gasteiger partial charge in [-0.15, -0.1) is 0 Å². The highest BCUT2D eigenvalue weighted by molar-refractivity contribution is 5.34. The molecule has 1 aromatic rings. The maximum Gasteiger partial charge on any atom is 0.165 e. The first-order chi connectivity index (χ1) is 6.65. The molecule has 0 amide bonds. The van der Waals surface area contributed by atoms with Gasteiger partial charge in [0.05, 0.1) is 7.11 Å². The minimum Gasteiger partial charge on any atom is -0.493 e. The number of methoxy groups -OCH3 is 1. The summed E-state index contributed by atoms with van der Waals surface area (Å²) >= 11 is 0. The van der Waals surface area contributed by atoms with E-state index in [9.17, 15) is 4.39 Å². The van der Waals surface area contributed by atoms with Crippen LogP contribution in [0, 0.1) is 5.82 Å². The molecule has 1 aromatic carbocycles. The lowest BCUT2D eigenvalue weighted by Gasteiger charge is -2.10. The molecule has 0 saturated heterocycles. The van der Waals surface area contributed by atoms with E-state index in [0.29, 0.717) is 5.75 Å². The zero-order valence-electron chi connectivity index (χ0n) is 8.59. The van der Waals surface area contributed by atoms with E-state index in [-0.39, 0.29) is 11.9 Å². The number of ether oxygens (including phenoxy) is 1. The van der Waals surface area contributed by atoms with Crippen molar-refractivity contribution in [2.24, 2.45) is 5.73 Å². The van der Waals surface area contributed by atoms with Crippen LogP contribution in [-0.2, 0) is 6.42 Å². The zero-order chi connectivity index (χ0) is 10.6. The van der Waals surface area contributed by atoms with Gasteiger partial charge < -0.3 is 10.5 Å². The van der Waals surface area contributed by atoms with Crippen molar-refractivity contribution < 1.29 is 9.13 Å². The van der Waals surface area contributed by atoms with Gasteiger partial charge in [-0.3, -0.25) is 0 Å². The monoisotopic (exact) mass is 197 g/mol. The first-order valence-corrected chi connectivity index (χ1v) is 4.72. The van der Waals surface area contributed by atoms with Crippen LogP contribution in [0.4, 0.5) is 4.39 Å². The number of aryl methyl sites for hydroxylation is 1. The number of rotatable bonds is 4. The molecule has 0 fully saturated rings. The summed E-state index contributed by atoms with van der Waals surface area (Å²) in [5.74, 6) is 0.0304. The zero-order valence-corrected chi connectivity index (χ0v) is 8.59. The normalized spacial score (nSPS) is 12.6. The fourth-order valence-corrected chi connectivity index (χ4v) is 1.36. The van der Waals surface area contributed by atoms with E-state index < -0.39 is 0 Å². The Kier molecular flexibility index (Phi) is 3.89. The molecule has 14 heavy (non-hydrogen) atoms. The summed E-state index contributed by atoms with van der Waals surface area (Å²) in [5, 5.41) is 0. The van der Waals surface area contributed by atoms with E-state index in [0.717, 1.165) is 18.4 Å². The van der Waals surface area contributed by atoms with Gasteiger partial charge in [-0.05, 0) is 31.4 Å². The average Bonchev–Trinajstić information content (AvgIpc) is 2.14. The third-order valence-corrected chi connectivity index (χ3v) is 2.12. The van der Waals surface area contributed by atoms with E-state index >= 15 is 0 Å². The number of halogens is 1. The molecule has 2 nitrogen and oxygen atoms in total. The summed E-state index contributed by atoms with van der Waals surface area (Å²) in [5.41, 5.74) is 6.51. The lowest BCUT2D eigenvalue weighted by Crippen LogP contribution is -2.15. The van der Waals surface area contributed by atoms with Crippen LogP contribution in [0.2, 0.25) is 0 Å². The molecule has 0 aliphatic carbocycles. The smallest absolute Gasteiger partial charge is 0.165 e. The van der Waals surface area contributed by atoms with Gasteiger partial charge in [0.15, 0.2) is 11.6 Å². The quantitative estimate of drug-likeness (QED) is 0.802. The van der Waals surface area contributed by atoms with E-state index in [2.05, 4.69) is 0 Å². The Bertz CT molecular complexity index is 299. The van der Waals surface area contributed by atoms with Crippen LogP contribution < -0.4 is 10.5 Å². The molecule has 0 aliphatic rings. The Morgan fingerprint density at radius 3 is 2.79 bits per heavy atom. The van der Waals surface area contributed by atoms with Crippen molar-refractivity contribution in [2.45, 2.75) is 25.8 Å². The fourth-order valence-electron chi connectivity index (χ4n) is 1.36. The van der Waals surface area contributed by atoms with Crippen molar-refractivity contribution in [2.75, 3.05) is 7.11 Å². The summed E-state index contributed by atoms with van der Waals surface area (Å²) in [7, 11) is 1.48. The highest BCUT2D eigenvalue weighted by Crippen LogP contribution is 2.23. The Labute approximate surface area is 83.9 Å². The molecule has 1 atom stereocenters. The molecule has 0 radical (unpaired) electrons. The van der Waals surface area contributed by atoms with Gasteiger partial charge in [0.1, 0.15) is 0 Å². The van der Waals surface area contributed by atoms with Crippen LogP contribution in [0.15, 0.2) is 18.2 Å². The van der Waals surface area contributed by atoms with E-state index in [1.54, 1.807) is 6.07 Å². The van der Waals surface area contributed by atoms with Gasteiger partial charge in [0, 0.05) is 6.04 Å². The fraction of sp³-hybridized carbons (Fsp3) is 0.455. The number of benzene rings is 1. The average molecular weight is 197 g/mol. The molecule has 0 aromatic heterocycles. The van der Waals surface area contributed by atoms with Crippen molar-refractivity contribution in [3.8, 4) is 5.75 Å². The van der Waals surface area contributed by atoms with Crippen molar-refractivity contribution in [3.05, 3.63) is 29.6 Å². The van der Waals surface area contributed by atoms with Crippen LogP contribution >= 0.6 is 0 Å². The van der Waals surface area contributed by atoms with Crippen molar-refractivity contribution in [3.63, 3.8) is 0 Å². The van der Waals surface area contributed by atoms with Gasteiger partial charge in [0.2, 0.25) is 0 Å². The molecule has 0 bridgehead atoms. The van der Waals surface area contributed by atoms with Gasteiger partial charge in [0.25, 0.3) is 0 Å². The lowest BCUT2D eigenvalue weighted by atomic mass is 10.1. The van der Waals surface area contributed by atoms with Gasteiger partial charge in [-0.2, -0.15) is 0 Å².